The molecule has 0 spiro atoms. The van der Waals surface area contributed by atoms with E-state index in [1.807, 2.05) is 26.1 Å². The number of aromatic amines is 1. The Morgan fingerprint density at radius 1 is 1.37 bits per heavy atom. The minimum absolute atomic E-state index is 0.0573. The molecular weight excluding hydrogens is 342 g/mol. The number of H-pyrrole nitrogens is 1. The number of benzene rings is 1. The van der Waals surface area contributed by atoms with Crippen molar-refractivity contribution < 1.29 is 9.53 Å². The fourth-order valence-corrected chi connectivity index (χ4v) is 3.75. The number of aryl methyl sites for hydroxylation is 3. The quantitative estimate of drug-likeness (QED) is 0.746. The zero-order valence-electron chi connectivity index (χ0n) is 15.5. The number of carbonyl (C=O) groups excluding carboxylic acids is 1. The first-order chi connectivity index (χ1) is 13.0. The Kier molecular flexibility index (Phi) is 4.48. The van der Waals surface area contributed by atoms with Gasteiger partial charge in [0.15, 0.2) is 12.4 Å². The zero-order valence-corrected chi connectivity index (χ0v) is 15.5. The maximum Gasteiger partial charge on any atom is 0.258 e. The number of rotatable bonds is 4. The molecule has 1 aliphatic carbocycles. The highest BCUT2D eigenvalue weighted by atomic mass is 16.5. The number of carbonyl (C=O) groups is 1. The third-order valence-corrected chi connectivity index (χ3v) is 5.26. The molecular formula is C21H23N3O3. The highest BCUT2D eigenvalue weighted by Crippen LogP contribution is 2.34. The van der Waals surface area contributed by atoms with Gasteiger partial charge in [0, 0.05) is 41.6 Å². The van der Waals surface area contributed by atoms with Crippen molar-refractivity contribution in [3.8, 4) is 5.75 Å². The molecule has 3 aromatic rings. The Morgan fingerprint density at radius 2 is 2.19 bits per heavy atom. The van der Waals surface area contributed by atoms with Gasteiger partial charge in [0.05, 0.1) is 6.04 Å². The SMILES string of the molecule is Cc1cc(=O)c(OCC(=O)NC2CCCc3c2[nH]c2ccccc32)cn1C. The Morgan fingerprint density at radius 3 is 3.04 bits per heavy atom. The van der Waals surface area contributed by atoms with Crippen LogP contribution in [0.3, 0.4) is 0 Å². The lowest BCUT2D eigenvalue weighted by molar-refractivity contribution is -0.124. The average Bonchev–Trinajstić information content (AvgIpc) is 3.03. The maximum absolute atomic E-state index is 12.4. The van der Waals surface area contributed by atoms with Gasteiger partial charge in [0.1, 0.15) is 0 Å². The van der Waals surface area contributed by atoms with Gasteiger partial charge in [-0.15, -0.1) is 0 Å². The zero-order chi connectivity index (χ0) is 19.0. The van der Waals surface area contributed by atoms with Crippen LogP contribution in [0.15, 0.2) is 41.3 Å². The fraction of sp³-hybridized carbons (Fsp3) is 0.333. The van der Waals surface area contributed by atoms with Gasteiger partial charge in [-0.3, -0.25) is 9.59 Å². The first-order valence-corrected chi connectivity index (χ1v) is 9.22. The van der Waals surface area contributed by atoms with Crippen molar-refractivity contribution in [3.63, 3.8) is 0 Å². The third kappa shape index (κ3) is 3.35. The number of pyridine rings is 1. The first-order valence-electron chi connectivity index (χ1n) is 9.22. The number of nitrogens with one attached hydrogen (secondary N) is 2. The van der Waals surface area contributed by atoms with E-state index in [0.29, 0.717) is 0 Å². The summed E-state index contributed by atoms with van der Waals surface area (Å²) < 4.78 is 7.27. The fourth-order valence-electron chi connectivity index (χ4n) is 3.75. The molecule has 140 valence electrons. The van der Waals surface area contributed by atoms with Crippen molar-refractivity contribution in [3.05, 3.63) is 63.7 Å². The van der Waals surface area contributed by atoms with Gasteiger partial charge >= 0.3 is 0 Å². The summed E-state index contributed by atoms with van der Waals surface area (Å²) in [7, 11) is 1.83. The number of amides is 1. The van der Waals surface area contributed by atoms with Gasteiger partial charge in [-0.25, -0.2) is 0 Å². The van der Waals surface area contributed by atoms with Crippen LogP contribution in [-0.4, -0.2) is 22.1 Å². The van der Waals surface area contributed by atoms with E-state index in [0.717, 1.165) is 36.2 Å². The lowest BCUT2D eigenvalue weighted by Crippen LogP contribution is -2.35. The number of nitrogens with zero attached hydrogens (tertiary/aromatic N) is 1. The normalized spacial score (nSPS) is 16.1. The number of ether oxygens (including phenoxy) is 1. The molecule has 1 amide bonds. The molecule has 6 heteroatoms. The van der Waals surface area contributed by atoms with Gasteiger partial charge in [-0.05, 0) is 37.8 Å². The smallest absolute Gasteiger partial charge is 0.258 e. The highest BCUT2D eigenvalue weighted by molar-refractivity contribution is 5.85. The molecule has 2 heterocycles. The van der Waals surface area contributed by atoms with Gasteiger partial charge in [0.2, 0.25) is 5.43 Å². The summed E-state index contributed by atoms with van der Waals surface area (Å²) in [6.45, 7) is 1.67. The van der Waals surface area contributed by atoms with Gasteiger partial charge in [0.25, 0.3) is 5.91 Å². The molecule has 1 aromatic carbocycles. The van der Waals surface area contributed by atoms with Gasteiger partial charge in [-0.2, -0.15) is 0 Å². The van der Waals surface area contributed by atoms with E-state index in [1.54, 1.807) is 10.8 Å². The Balaban J connectivity index is 1.47. The van der Waals surface area contributed by atoms with E-state index in [1.165, 1.54) is 17.0 Å². The summed E-state index contributed by atoms with van der Waals surface area (Å²) in [5.74, 6) is -0.0395. The van der Waals surface area contributed by atoms with Crippen LogP contribution in [0.2, 0.25) is 0 Å². The molecule has 2 aromatic heterocycles. The molecule has 1 atom stereocenters. The molecule has 4 rings (SSSR count). The van der Waals surface area contributed by atoms with Gasteiger partial charge < -0.3 is 19.6 Å². The lowest BCUT2D eigenvalue weighted by atomic mass is 9.91. The summed E-state index contributed by atoms with van der Waals surface area (Å²) in [5, 5.41) is 4.28. The van der Waals surface area contributed by atoms with E-state index < -0.39 is 0 Å². The molecule has 0 aliphatic heterocycles. The Hall–Kier alpha value is -3.02. The maximum atomic E-state index is 12.4. The molecule has 0 saturated heterocycles. The van der Waals surface area contributed by atoms with E-state index in [9.17, 15) is 9.59 Å². The van der Waals surface area contributed by atoms with Crippen LogP contribution in [0, 0.1) is 6.92 Å². The predicted octanol–water partition coefficient (Wildman–Crippen LogP) is 2.75. The number of para-hydroxylation sites is 1. The highest BCUT2D eigenvalue weighted by Gasteiger charge is 2.25. The van der Waals surface area contributed by atoms with Crippen LogP contribution in [0.4, 0.5) is 0 Å². The number of fused-ring (bicyclic) bond motifs is 3. The first kappa shape index (κ1) is 17.4. The van der Waals surface area contributed by atoms with Crippen molar-refractivity contribution in [2.75, 3.05) is 6.61 Å². The van der Waals surface area contributed by atoms with E-state index in [-0.39, 0.29) is 29.7 Å². The molecule has 0 fully saturated rings. The van der Waals surface area contributed by atoms with E-state index >= 15 is 0 Å². The van der Waals surface area contributed by atoms with Crippen molar-refractivity contribution in [2.24, 2.45) is 7.05 Å². The third-order valence-electron chi connectivity index (χ3n) is 5.26. The largest absolute Gasteiger partial charge is 0.478 e. The Bertz CT molecular complexity index is 1060. The van der Waals surface area contributed by atoms with Crippen molar-refractivity contribution in [1.29, 1.82) is 0 Å². The molecule has 0 bridgehead atoms. The monoisotopic (exact) mass is 365 g/mol. The van der Waals surface area contributed by atoms with Crippen molar-refractivity contribution in [1.82, 2.24) is 14.9 Å². The van der Waals surface area contributed by atoms with Crippen LogP contribution in [-0.2, 0) is 18.3 Å². The summed E-state index contributed by atoms with van der Waals surface area (Å²) in [6.07, 6.45) is 4.54. The predicted molar refractivity (Wildman–Crippen MR) is 104 cm³/mol. The average molecular weight is 365 g/mol. The van der Waals surface area contributed by atoms with Crippen LogP contribution < -0.4 is 15.5 Å². The van der Waals surface area contributed by atoms with Crippen molar-refractivity contribution in [2.45, 2.75) is 32.2 Å². The molecule has 1 unspecified atom stereocenters. The second kappa shape index (κ2) is 6.95. The summed E-state index contributed by atoms with van der Waals surface area (Å²) in [5.41, 5.74) is 4.10. The van der Waals surface area contributed by atoms with Crippen LogP contribution in [0.5, 0.6) is 5.75 Å². The van der Waals surface area contributed by atoms with Crippen LogP contribution in [0.1, 0.15) is 35.8 Å². The lowest BCUT2D eigenvalue weighted by Gasteiger charge is -2.23. The number of hydrogen-bond acceptors (Lipinski definition) is 3. The minimum atomic E-state index is -0.228. The van der Waals surface area contributed by atoms with Crippen LogP contribution >= 0.6 is 0 Å². The molecule has 27 heavy (non-hydrogen) atoms. The van der Waals surface area contributed by atoms with Gasteiger partial charge in [-0.1, -0.05) is 18.2 Å². The molecule has 0 saturated carbocycles. The standard InChI is InChI=1S/C21H23N3O3/c1-13-10-18(25)19(11-24(13)2)27-12-20(26)22-17-9-5-7-15-14-6-3-4-8-16(14)23-21(15)17/h3-4,6,8,10-11,17,23H,5,7,9,12H2,1-2H3,(H,22,26). The minimum Gasteiger partial charge on any atom is -0.478 e. The Labute approximate surface area is 157 Å². The molecule has 1 aliphatic rings. The second-order valence-corrected chi connectivity index (χ2v) is 7.12. The molecule has 2 N–H and O–H groups in total. The molecule has 6 nitrogen and oxygen atoms in total. The number of aromatic nitrogens is 2. The summed E-state index contributed by atoms with van der Waals surface area (Å²) >= 11 is 0. The topological polar surface area (TPSA) is 76.1 Å². The molecule has 0 radical (unpaired) electrons. The van der Waals surface area contributed by atoms with E-state index in [4.69, 9.17) is 4.74 Å². The van der Waals surface area contributed by atoms with Crippen molar-refractivity contribution >= 4 is 16.8 Å². The number of hydrogen-bond donors (Lipinski definition) is 2. The summed E-state index contributed by atoms with van der Waals surface area (Å²) in [4.78, 5) is 27.9. The van der Waals surface area contributed by atoms with E-state index in [2.05, 4.69) is 22.4 Å². The van der Waals surface area contributed by atoms with Crippen LogP contribution in [0.25, 0.3) is 10.9 Å². The second-order valence-electron chi connectivity index (χ2n) is 7.12. The summed E-state index contributed by atoms with van der Waals surface area (Å²) in [6, 6.07) is 9.67.